The Bertz CT molecular complexity index is 1030. The molecule has 170 valence electrons. The normalized spacial score (nSPS) is 19.7. The standard InChI is InChI=1S/C22H27ClN6O3/c1-31-18-10-16-17(11-19(18)32-2)26-22(23)27-21(16)25-14-5-8-28(9-6-14)13-20(30)29-7-3-4-15(29)12-24/h10-11,14-15H,3-9,13H2,1-2H3,(H,25,26,27)/t15-/m0/s1. The fraction of sp³-hybridized carbons (Fsp3) is 0.545. The molecule has 9 nitrogen and oxygen atoms in total. The third-order valence-electron chi connectivity index (χ3n) is 6.18. The maximum atomic E-state index is 12.6. The predicted molar refractivity (Wildman–Crippen MR) is 121 cm³/mol. The minimum atomic E-state index is -0.270. The Hall–Kier alpha value is -2.83. The molecule has 2 aliphatic heterocycles. The van der Waals surface area contributed by atoms with E-state index >= 15 is 0 Å². The monoisotopic (exact) mass is 458 g/mol. The highest BCUT2D eigenvalue weighted by atomic mass is 35.5. The molecule has 10 heteroatoms. The maximum absolute atomic E-state index is 12.6. The smallest absolute Gasteiger partial charge is 0.237 e. The summed E-state index contributed by atoms with van der Waals surface area (Å²) in [4.78, 5) is 25.2. The molecule has 0 unspecified atom stereocenters. The molecular weight excluding hydrogens is 432 g/mol. The first kappa shape index (κ1) is 22.4. The van der Waals surface area contributed by atoms with Crippen LogP contribution in [0.1, 0.15) is 25.7 Å². The molecule has 1 aromatic carbocycles. The Kier molecular flexibility index (Phi) is 6.82. The van der Waals surface area contributed by atoms with Crippen molar-refractivity contribution < 1.29 is 14.3 Å². The maximum Gasteiger partial charge on any atom is 0.237 e. The number of carbonyl (C=O) groups is 1. The van der Waals surface area contributed by atoms with Gasteiger partial charge in [0.25, 0.3) is 0 Å². The third-order valence-corrected chi connectivity index (χ3v) is 6.35. The second kappa shape index (κ2) is 9.76. The Morgan fingerprint density at radius 1 is 1.19 bits per heavy atom. The van der Waals surface area contributed by atoms with Gasteiger partial charge in [0.1, 0.15) is 11.9 Å². The molecule has 0 radical (unpaired) electrons. The van der Waals surface area contributed by atoms with Gasteiger partial charge >= 0.3 is 0 Å². The summed E-state index contributed by atoms with van der Waals surface area (Å²) in [7, 11) is 3.17. The molecule has 2 saturated heterocycles. The Labute approximate surface area is 192 Å². The van der Waals surface area contributed by atoms with Gasteiger partial charge in [0.2, 0.25) is 11.2 Å². The van der Waals surface area contributed by atoms with E-state index in [-0.39, 0.29) is 23.3 Å². The van der Waals surface area contributed by atoms with E-state index in [9.17, 15) is 10.1 Å². The number of benzene rings is 1. The third kappa shape index (κ3) is 4.66. The van der Waals surface area contributed by atoms with Crippen LogP contribution < -0.4 is 14.8 Å². The van der Waals surface area contributed by atoms with Crippen molar-refractivity contribution in [2.24, 2.45) is 0 Å². The van der Waals surface area contributed by atoms with E-state index in [1.807, 2.05) is 6.07 Å². The molecule has 2 aromatic rings. The second-order valence-corrected chi connectivity index (χ2v) is 8.47. The lowest BCUT2D eigenvalue weighted by atomic mass is 10.0. The van der Waals surface area contributed by atoms with E-state index in [1.165, 1.54) is 0 Å². The first-order valence-corrected chi connectivity index (χ1v) is 11.2. The van der Waals surface area contributed by atoms with Crippen molar-refractivity contribution in [2.75, 3.05) is 45.7 Å². The fourth-order valence-electron chi connectivity index (χ4n) is 4.45. The van der Waals surface area contributed by atoms with E-state index in [0.29, 0.717) is 35.9 Å². The van der Waals surface area contributed by atoms with Gasteiger partial charge < -0.3 is 19.7 Å². The van der Waals surface area contributed by atoms with Crippen LogP contribution in [0.4, 0.5) is 5.82 Å². The highest BCUT2D eigenvalue weighted by Gasteiger charge is 2.30. The Balaban J connectivity index is 1.41. The van der Waals surface area contributed by atoms with Crippen molar-refractivity contribution in [1.82, 2.24) is 19.8 Å². The molecule has 2 aliphatic rings. The van der Waals surface area contributed by atoms with E-state index < -0.39 is 0 Å². The lowest BCUT2D eigenvalue weighted by molar-refractivity contribution is -0.132. The average molecular weight is 459 g/mol. The minimum Gasteiger partial charge on any atom is -0.493 e. The molecule has 0 saturated carbocycles. The quantitative estimate of drug-likeness (QED) is 0.659. The van der Waals surface area contributed by atoms with Gasteiger partial charge in [0.15, 0.2) is 11.5 Å². The lowest BCUT2D eigenvalue weighted by Crippen LogP contribution is -2.46. The summed E-state index contributed by atoms with van der Waals surface area (Å²) >= 11 is 6.17. The number of carbonyl (C=O) groups excluding carboxylic acids is 1. The number of hydrogen-bond donors (Lipinski definition) is 1. The summed E-state index contributed by atoms with van der Waals surface area (Å²) in [5, 5.41) is 13.7. The van der Waals surface area contributed by atoms with Crippen LogP contribution in [0.25, 0.3) is 10.9 Å². The Morgan fingerprint density at radius 3 is 2.59 bits per heavy atom. The first-order chi connectivity index (χ1) is 15.5. The molecule has 0 spiro atoms. The summed E-state index contributed by atoms with van der Waals surface area (Å²) in [6.45, 7) is 2.64. The summed E-state index contributed by atoms with van der Waals surface area (Å²) in [5.41, 5.74) is 0.672. The van der Waals surface area contributed by atoms with Crippen LogP contribution in [0.2, 0.25) is 5.28 Å². The molecule has 1 N–H and O–H groups in total. The molecule has 0 bridgehead atoms. The number of halogens is 1. The van der Waals surface area contributed by atoms with Gasteiger partial charge in [-0.25, -0.2) is 9.97 Å². The fourth-order valence-corrected chi connectivity index (χ4v) is 4.62. The average Bonchev–Trinajstić information content (AvgIpc) is 3.28. The molecular formula is C22H27ClN6O3. The van der Waals surface area contributed by atoms with Crippen LogP contribution in [0.15, 0.2) is 12.1 Å². The summed E-state index contributed by atoms with van der Waals surface area (Å²) in [5.74, 6) is 1.88. The predicted octanol–water partition coefficient (Wildman–Crippen LogP) is 2.69. The van der Waals surface area contributed by atoms with Gasteiger partial charge in [-0.15, -0.1) is 0 Å². The number of nitrogens with one attached hydrogen (secondary N) is 1. The molecule has 4 rings (SSSR count). The van der Waals surface area contributed by atoms with Crippen molar-refractivity contribution in [3.05, 3.63) is 17.4 Å². The number of nitriles is 1. The van der Waals surface area contributed by atoms with Gasteiger partial charge in [0, 0.05) is 37.1 Å². The number of fused-ring (bicyclic) bond motifs is 1. The number of ether oxygens (including phenoxy) is 2. The molecule has 1 amide bonds. The molecule has 0 aliphatic carbocycles. The molecule has 1 atom stereocenters. The number of rotatable bonds is 6. The Morgan fingerprint density at radius 2 is 1.91 bits per heavy atom. The SMILES string of the molecule is COc1cc2nc(Cl)nc(NC3CCN(CC(=O)N4CCC[C@H]4C#N)CC3)c2cc1OC. The number of methoxy groups -OCH3 is 2. The lowest BCUT2D eigenvalue weighted by Gasteiger charge is -2.33. The number of amides is 1. The number of aromatic nitrogens is 2. The zero-order valence-electron chi connectivity index (χ0n) is 18.3. The van der Waals surface area contributed by atoms with Crippen molar-refractivity contribution in [3.8, 4) is 17.6 Å². The summed E-state index contributed by atoms with van der Waals surface area (Å²) in [6.07, 6.45) is 3.42. The van der Waals surface area contributed by atoms with E-state index in [2.05, 4.69) is 26.3 Å². The zero-order valence-corrected chi connectivity index (χ0v) is 19.1. The number of hydrogen-bond acceptors (Lipinski definition) is 8. The summed E-state index contributed by atoms with van der Waals surface area (Å²) in [6, 6.07) is 5.80. The zero-order chi connectivity index (χ0) is 22.7. The van der Waals surface area contributed by atoms with E-state index in [0.717, 1.165) is 44.2 Å². The molecule has 3 heterocycles. The number of piperidine rings is 1. The topological polar surface area (TPSA) is 104 Å². The first-order valence-electron chi connectivity index (χ1n) is 10.8. The number of likely N-dealkylation sites (tertiary alicyclic amines) is 2. The van der Waals surface area contributed by atoms with Gasteiger partial charge in [-0.1, -0.05) is 0 Å². The van der Waals surface area contributed by atoms with Gasteiger partial charge in [0.05, 0.1) is 32.4 Å². The molecule has 32 heavy (non-hydrogen) atoms. The van der Waals surface area contributed by atoms with Crippen LogP contribution in [-0.2, 0) is 4.79 Å². The van der Waals surface area contributed by atoms with Gasteiger partial charge in [-0.3, -0.25) is 9.69 Å². The van der Waals surface area contributed by atoms with E-state index in [1.54, 1.807) is 25.2 Å². The van der Waals surface area contributed by atoms with Gasteiger partial charge in [-0.2, -0.15) is 5.26 Å². The number of anilines is 1. The minimum absolute atomic E-state index is 0.0510. The van der Waals surface area contributed by atoms with Crippen molar-refractivity contribution in [3.63, 3.8) is 0 Å². The van der Waals surface area contributed by atoms with Crippen molar-refractivity contribution in [1.29, 1.82) is 5.26 Å². The molecule has 1 aromatic heterocycles. The summed E-state index contributed by atoms with van der Waals surface area (Å²) < 4.78 is 10.8. The van der Waals surface area contributed by atoms with Crippen molar-refractivity contribution >= 4 is 34.2 Å². The van der Waals surface area contributed by atoms with Crippen molar-refractivity contribution in [2.45, 2.75) is 37.8 Å². The van der Waals surface area contributed by atoms with E-state index in [4.69, 9.17) is 21.1 Å². The highest BCUT2D eigenvalue weighted by molar-refractivity contribution is 6.28. The van der Waals surface area contributed by atoms with Gasteiger partial charge in [-0.05, 0) is 43.4 Å². The largest absolute Gasteiger partial charge is 0.493 e. The van der Waals surface area contributed by atoms with Crippen LogP contribution in [0, 0.1) is 11.3 Å². The number of nitrogens with zero attached hydrogens (tertiary/aromatic N) is 5. The second-order valence-electron chi connectivity index (χ2n) is 8.13. The highest BCUT2D eigenvalue weighted by Crippen LogP contribution is 2.35. The van der Waals surface area contributed by atoms with Crippen LogP contribution in [0.3, 0.4) is 0 Å². The van der Waals surface area contributed by atoms with Crippen LogP contribution >= 0.6 is 11.6 Å². The van der Waals surface area contributed by atoms with Crippen LogP contribution in [0.5, 0.6) is 11.5 Å². The van der Waals surface area contributed by atoms with Crippen LogP contribution in [-0.4, -0.2) is 78.2 Å². The molecule has 2 fully saturated rings.